The minimum absolute atomic E-state index is 0.0874. The van der Waals surface area contributed by atoms with Crippen molar-refractivity contribution in [2.45, 2.75) is 57.4 Å². The molecule has 0 unspecified atom stereocenters. The number of carbonyl (C=O) groups excluding carboxylic acids is 1. The van der Waals surface area contributed by atoms with E-state index in [4.69, 9.17) is 21.2 Å². The van der Waals surface area contributed by atoms with Gasteiger partial charge in [-0.05, 0) is 75.3 Å². The summed E-state index contributed by atoms with van der Waals surface area (Å²) in [5.74, 6) is 2.06. The molecule has 0 bridgehead atoms. The molecule has 9 heteroatoms. The van der Waals surface area contributed by atoms with E-state index >= 15 is 0 Å². The van der Waals surface area contributed by atoms with Gasteiger partial charge in [0.2, 0.25) is 5.91 Å². The molecule has 5 rings (SSSR count). The van der Waals surface area contributed by atoms with Gasteiger partial charge in [0.25, 0.3) is 0 Å². The molecule has 2 aliphatic carbocycles. The number of carbonyl (C=O) groups is 1. The molecule has 1 aromatic heterocycles. The topological polar surface area (TPSA) is 81.8 Å². The Morgan fingerprint density at radius 1 is 1.11 bits per heavy atom. The highest BCUT2D eigenvalue weighted by molar-refractivity contribution is 6.31. The zero-order valence-corrected chi connectivity index (χ0v) is 21.0. The fourth-order valence-corrected chi connectivity index (χ4v) is 6.19. The highest BCUT2D eigenvalue weighted by Gasteiger charge is 2.31. The van der Waals surface area contributed by atoms with Crippen molar-refractivity contribution in [3.05, 3.63) is 23.0 Å². The lowest BCUT2D eigenvalue weighted by molar-refractivity contribution is -0.124. The number of aliphatic hydroxyl groups excluding tert-OH is 1. The number of amides is 1. The van der Waals surface area contributed by atoms with Gasteiger partial charge in [0.15, 0.2) is 11.4 Å². The first-order valence-electron chi connectivity index (χ1n) is 13.1. The van der Waals surface area contributed by atoms with Crippen molar-refractivity contribution in [3.63, 3.8) is 0 Å². The van der Waals surface area contributed by atoms with Crippen molar-refractivity contribution in [3.8, 4) is 0 Å². The predicted octanol–water partition coefficient (Wildman–Crippen LogP) is 4.22. The Balaban J connectivity index is 0.996. The number of hydrogen-bond acceptors (Lipinski definition) is 6. The van der Waals surface area contributed by atoms with Crippen LogP contribution in [0.4, 0.5) is 10.2 Å². The summed E-state index contributed by atoms with van der Waals surface area (Å²) in [5, 5.41) is 17.4. The van der Waals surface area contributed by atoms with Gasteiger partial charge in [0.1, 0.15) is 5.82 Å². The monoisotopic (exact) mass is 506 g/mol. The summed E-state index contributed by atoms with van der Waals surface area (Å²) in [5.41, 5.74) is 0.425. The van der Waals surface area contributed by atoms with E-state index in [0.717, 1.165) is 75.5 Å². The molecule has 3 fully saturated rings. The minimum Gasteiger partial charge on any atom is -0.396 e. The van der Waals surface area contributed by atoms with Crippen molar-refractivity contribution in [2.75, 3.05) is 44.2 Å². The van der Waals surface area contributed by atoms with Crippen LogP contribution >= 0.6 is 11.6 Å². The maximum atomic E-state index is 13.7. The average Bonchev–Trinajstić information content (AvgIpc) is 3.23. The number of piperazine rings is 1. The van der Waals surface area contributed by atoms with E-state index < -0.39 is 5.82 Å². The molecule has 0 atom stereocenters. The van der Waals surface area contributed by atoms with E-state index in [1.54, 1.807) is 6.07 Å². The van der Waals surface area contributed by atoms with E-state index in [0.29, 0.717) is 29.9 Å². The summed E-state index contributed by atoms with van der Waals surface area (Å²) in [6, 6.07) is 3.23. The molecule has 35 heavy (non-hydrogen) atoms. The number of halogens is 2. The number of fused-ring (bicyclic) bond motifs is 1. The molecule has 0 radical (unpaired) electrons. The number of aromatic nitrogens is 1. The number of nitrogens with zero attached hydrogens (tertiary/aromatic N) is 3. The zero-order chi connectivity index (χ0) is 24.4. The maximum absolute atomic E-state index is 13.7. The third kappa shape index (κ3) is 5.92. The molecule has 1 saturated heterocycles. The lowest BCUT2D eigenvalue weighted by atomic mass is 9.73. The van der Waals surface area contributed by atoms with Gasteiger partial charge in [-0.2, -0.15) is 0 Å². The van der Waals surface area contributed by atoms with Crippen molar-refractivity contribution in [2.24, 2.45) is 17.8 Å². The Hall–Kier alpha value is -1.90. The number of benzene rings is 1. The smallest absolute Gasteiger partial charge is 0.220 e. The van der Waals surface area contributed by atoms with Gasteiger partial charge in [-0.25, -0.2) is 4.39 Å². The zero-order valence-electron chi connectivity index (χ0n) is 20.2. The van der Waals surface area contributed by atoms with Crippen LogP contribution < -0.4 is 10.2 Å². The summed E-state index contributed by atoms with van der Waals surface area (Å²) in [4.78, 5) is 17.0. The molecule has 0 spiro atoms. The number of rotatable bonds is 8. The molecule has 192 valence electrons. The molecule has 2 saturated carbocycles. The molecular formula is C26H36ClFN4O3. The first-order valence-corrected chi connectivity index (χ1v) is 13.5. The molecule has 1 amide bonds. The highest BCUT2D eigenvalue weighted by Crippen LogP contribution is 2.36. The fraction of sp³-hybridized carbons (Fsp3) is 0.692. The Morgan fingerprint density at radius 2 is 1.86 bits per heavy atom. The van der Waals surface area contributed by atoms with Gasteiger partial charge in [-0.15, -0.1) is 0 Å². The second-order valence-corrected chi connectivity index (χ2v) is 11.2. The molecule has 2 heterocycles. The lowest BCUT2D eigenvalue weighted by Crippen LogP contribution is -2.47. The van der Waals surface area contributed by atoms with E-state index in [1.165, 1.54) is 25.3 Å². The average molecular weight is 507 g/mol. The molecular weight excluding hydrogens is 471 g/mol. The van der Waals surface area contributed by atoms with E-state index in [-0.39, 0.29) is 17.5 Å². The number of anilines is 1. The Kier molecular flexibility index (Phi) is 7.80. The second kappa shape index (κ2) is 11.0. The second-order valence-electron chi connectivity index (χ2n) is 10.8. The van der Waals surface area contributed by atoms with Gasteiger partial charge in [-0.1, -0.05) is 16.8 Å². The molecule has 1 aliphatic heterocycles. The minimum atomic E-state index is -0.492. The van der Waals surface area contributed by atoms with Crippen LogP contribution in [0.25, 0.3) is 11.0 Å². The first-order chi connectivity index (χ1) is 17.0. The predicted molar refractivity (Wildman–Crippen MR) is 134 cm³/mol. The van der Waals surface area contributed by atoms with Gasteiger partial charge in [0.05, 0.1) is 10.4 Å². The van der Waals surface area contributed by atoms with Crippen LogP contribution in [-0.2, 0) is 4.79 Å². The van der Waals surface area contributed by atoms with Gasteiger partial charge < -0.3 is 19.8 Å². The number of hydrogen-bond donors (Lipinski definition) is 2. The van der Waals surface area contributed by atoms with E-state index in [1.807, 2.05) is 0 Å². The normalized spacial score (nSPS) is 27.7. The van der Waals surface area contributed by atoms with Crippen LogP contribution in [0.15, 0.2) is 16.7 Å². The summed E-state index contributed by atoms with van der Waals surface area (Å²) in [6.45, 7) is 5.00. The third-order valence-electron chi connectivity index (χ3n) is 8.30. The molecule has 3 aliphatic rings. The van der Waals surface area contributed by atoms with Crippen molar-refractivity contribution >= 4 is 34.3 Å². The Bertz CT molecular complexity index is 1010. The largest absolute Gasteiger partial charge is 0.396 e. The molecule has 2 N–H and O–H groups in total. The van der Waals surface area contributed by atoms with Crippen LogP contribution in [0.1, 0.15) is 51.4 Å². The van der Waals surface area contributed by atoms with Gasteiger partial charge >= 0.3 is 0 Å². The van der Waals surface area contributed by atoms with Crippen LogP contribution in [0.2, 0.25) is 5.02 Å². The third-order valence-corrected chi connectivity index (χ3v) is 8.59. The van der Waals surface area contributed by atoms with Crippen LogP contribution in [0, 0.1) is 23.6 Å². The summed E-state index contributed by atoms with van der Waals surface area (Å²) in [7, 11) is 0. The SMILES string of the molecule is O=C(C[C@H]1C[C@H](CO)C1)N[C@H]1CC[C@H](CCN2CCN(c3noc4cc(F)c(Cl)cc34)CC2)CC1. The Morgan fingerprint density at radius 3 is 2.57 bits per heavy atom. The van der Waals surface area contributed by atoms with Crippen molar-refractivity contribution in [1.82, 2.24) is 15.4 Å². The van der Waals surface area contributed by atoms with Gasteiger partial charge in [-0.3, -0.25) is 9.69 Å². The fourth-order valence-electron chi connectivity index (χ4n) is 6.03. The van der Waals surface area contributed by atoms with Crippen LogP contribution in [0.3, 0.4) is 0 Å². The molecule has 1 aromatic carbocycles. The van der Waals surface area contributed by atoms with Crippen LogP contribution in [0.5, 0.6) is 0 Å². The van der Waals surface area contributed by atoms with E-state index in [9.17, 15) is 9.18 Å². The number of aliphatic hydroxyl groups is 1. The molecule has 7 nitrogen and oxygen atoms in total. The highest BCUT2D eigenvalue weighted by atomic mass is 35.5. The van der Waals surface area contributed by atoms with Crippen molar-refractivity contribution < 1.29 is 18.8 Å². The van der Waals surface area contributed by atoms with Gasteiger partial charge in [0, 0.05) is 51.3 Å². The standard InChI is InChI=1S/C26H36ClFN4O3/c27-22-14-21-24(15-23(22)28)35-30-26(21)32-9-7-31(8-10-32)6-5-17-1-3-20(4-2-17)29-25(34)13-18-11-19(12-18)16-33/h14-15,17-20,33H,1-13,16H2,(H,29,34)/t17-,18-,19-,20-. The Labute approximate surface area is 210 Å². The quantitative estimate of drug-likeness (QED) is 0.558. The summed E-state index contributed by atoms with van der Waals surface area (Å²) in [6.07, 6.45) is 8.34. The maximum Gasteiger partial charge on any atom is 0.220 e. The number of nitrogens with one attached hydrogen (secondary N) is 1. The van der Waals surface area contributed by atoms with Crippen molar-refractivity contribution in [1.29, 1.82) is 0 Å². The lowest BCUT2D eigenvalue weighted by Gasteiger charge is -2.36. The van der Waals surface area contributed by atoms with Crippen LogP contribution in [-0.4, -0.2) is 66.4 Å². The summed E-state index contributed by atoms with van der Waals surface area (Å²) >= 11 is 5.97. The molecule has 2 aromatic rings. The summed E-state index contributed by atoms with van der Waals surface area (Å²) < 4.78 is 19.0. The van der Waals surface area contributed by atoms with E-state index in [2.05, 4.69) is 20.3 Å². The first kappa shape index (κ1) is 24.8.